The van der Waals surface area contributed by atoms with Crippen LogP contribution in [0.25, 0.3) is 0 Å². The summed E-state index contributed by atoms with van der Waals surface area (Å²) in [5.74, 6) is 1.70. The Morgan fingerprint density at radius 3 is 1.50 bits per heavy atom. The molecule has 0 amide bonds. The summed E-state index contributed by atoms with van der Waals surface area (Å²) in [7, 11) is 0. The molecule has 0 heterocycles. The lowest BCUT2D eigenvalue weighted by Gasteiger charge is -2.46. The summed E-state index contributed by atoms with van der Waals surface area (Å²) in [6.07, 6.45) is 2.06. The predicted molar refractivity (Wildman–Crippen MR) is 66.3 cm³/mol. The molecule has 0 saturated carbocycles. The standard InChI is InChI=1S/C14H26/c1-9-13(8)14(10(2)3,11(4)5)12(6)7/h9,11-13H,1-2H2,3-8H3. The van der Waals surface area contributed by atoms with E-state index in [0.717, 1.165) is 0 Å². The molecule has 0 aliphatic rings. The molecule has 0 aromatic rings. The predicted octanol–water partition coefficient (Wildman–Crippen LogP) is 4.68. The van der Waals surface area contributed by atoms with Gasteiger partial charge >= 0.3 is 0 Å². The highest BCUT2D eigenvalue weighted by molar-refractivity contribution is 5.15. The van der Waals surface area contributed by atoms with Gasteiger partial charge in [0.1, 0.15) is 0 Å². The van der Waals surface area contributed by atoms with Crippen molar-refractivity contribution in [1.29, 1.82) is 0 Å². The summed E-state index contributed by atoms with van der Waals surface area (Å²) in [6.45, 7) is 21.7. The average Bonchev–Trinajstić information content (AvgIpc) is 2.02. The molecular weight excluding hydrogens is 168 g/mol. The maximum absolute atomic E-state index is 4.19. The molecule has 0 aromatic carbocycles. The smallest absolute Gasteiger partial charge is 0.00123 e. The van der Waals surface area contributed by atoms with Gasteiger partial charge in [-0.1, -0.05) is 52.8 Å². The van der Waals surface area contributed by atoms with Gasteiger partial charge in [0.25, 0.3) is 0 Å². The third-order valence-electron chi connectivity index (χ3n) is 3.76. The van der Waals surface area contributed by atoms with Crippen LogP contribution in [0.1, 0.15) is 41.5 Å². The van der Waals surface area contributed by atoms with Crippen LogP contribution in [-0.4, -0.2) is 0 Å². The molecule has 0 N–H and O–H groups in total. The van der Waals surface area contributed by atoms with Crippen LogP contribution >= 0.6 is 0 Å². The van der Waals surface area contributed by atoms with E-state index in [4.69, 9.17) is 0 Å². The monoisotopic (exact) mass is 194 g/mol. The highest BCUT2D eigenvalue weighted by Crippen LogP contribution is 2.48. The normalized spacial score (nSPS) is 14.6. The van der Waals surface area contributed by atoms with Gasteiger partial charge in [-0.15, -0.1) is 6.58 Å². The molecule has 0 heteroatoms. The maximum atomic E-state index is 4.19. The number of rotatable bonds is 5. The molecule has 0 fully saturated rings. The van der Waals surface area contributed by atoms with Gasteiger partial charge < -0.3 is 0 Å². The average molecular weight is 194 g/mol. The van der Waals surface area contributed by atoms with E-state index >= 15 is 0 Å². The lowest BCUT2D eigenvalue weighted by Crippen LogP contribution is -2.39. The van der Waals surface area contributed by atoms with Crippen molar-refractivity contribution in [3.63, 3.8) is 0 Å². The van der Waals surface area contributed by atoms with Crippen LogP contribution in [0.15, 0.2) is 24.8 Å². The van der Waals surface area contributed by atoms with Gasteiger partial charge in [-0.3, -0.25) is 0 Å². The van der Waals surface area contributed by atoms with Crippen LogP contribution in [0, 0.1) is 23.2 Å². The fraction of sp³-hybridized carbons (Fsp3) is 0.714. The molecule has 0 nitrogen and oxygen atoms in total. The van der Waals surface area contributed by atoms with Crippen molar-refractivity contribution in [2.75, 3.05) is 0 Å². The third-order valence-corrected chi connectivity index (χ3v) is 3.76. The molecular formula is C14H26. The van der Waals surface area contributed by atoms with E-state index in [2.05, 4.69) is 60.8 Å². The molecule has 0 bridgehead atoms. The molecule has 0 aliphatic heterocycles. The second-order valence-corrected chi connectivity index (χ2v) is 5.05. The van der Waals surface area contributed by atoms with Gasteiger partial charge in [0.15, 0.2) is 0 Å². The van der Waals surface area contributed by atoms with Gasteiger partial charge in [-0.2, -0.15) is 0 Å². The van der Waals surface area contributed by atoms with Crippen molar-refractivity contribution in [3.8, 4) is 0 Å². The van der Waals surface area contributed by atoms with E-state index in [1.54, 1.807) is 0 Å². The molecule has 0 spiro atoms. The van der Waals surface area contributed by atoms with E-state index in [-0.39, 0.29) is 5.41 Å². The quantitative estimate of drug-likeness (QED) is 0.557. The minimum atomic E-state index is 0.196. The SMILES string of the molecule is C=CC(C)C(C(=C)C)(C(C)C)C(C)C. The molecule has 0 saturated heterocycles. The molecule has 0 aliphatic carbocycles. The molecule has 1 unspecified atom stereocenters. The summed E-state index contributed by atoms with van der Waals surface area (Å²) in [4.78, 5) is 0. The van der Waals surface area contributed by atoms with Gasteiger partial charge in [0.05, 0.1) is 0 Å². The Labute approximate surface area is 90.1 Å². The first-order chi connectivity index (χ1) is 6.31. The molecule has 82 valence electrons. The van der Waals surface area contributed by atoms with Crippen molar-refractivity contribution in [2.45, 2.75) is 41.5 Å². The summed E-state index contributed by atoms with van der Waals surface area (Å²) in [5, 5.41) is 0. The minimum absolute atomic E-state index is 0.196. The Hall–Kier alpha value is -0.520. The highest BCUT2D eigenvalue weighted by Gasteiger charge is 2.41. The fourth-order valence-electron chi connectivity index (χ4n) is 3.29. The van der Waals surface area contributed by atoms with Gasteiger partial charge in [0.2, 0.25) is 0 Å². The zero-order valence-electron chi connectivity index (χ0n) is 10.7. The summed E-state index contributed by atoms with van der Waals surface area (Å²) >= 11 is 0. The van der Waals surface area contributed by atoms with Crippen molar-refractivity contribution in [1.82, 2.24) is 0 Å². The van der Waals surface area contributed by atoms with Gasteiger partial charge in [-0.25, -0.2) is 0 Å². The Morgan fingerprint density at radius 1 is 1.07 bits per heavy atom. The first-order valence-corrected chi connectivity index (χ1v) is 5.60. The molecule has 1 atom stereocenters. The van der Waals surface area contributed by atoms with Crippen LogP contribution in [0.3, 0.4) is 0 Å². The zero-order chi connectivity index (χ0) is 11.5. The third kappa shape index (κ3) is 1.94. The molecule has 0 aromatic heterocycles. The number of hydrogen-bond donors (Lipinski definition) is 0. The first kappa shape index (κ1) is 13.5. The Balaban J connectivity index is 5.37. The van der Waals surface area contributed by atoms with Crippen LogP contribution in [0.2, 0.25) is 0 Å². The van der Waals surface area contributed by atoms with Gasteiger partial charge in [-0.05, 0) is 24.7 Å². The van der Waals surface area contributed by atoms with E-state index in [9.17, 15) is 0 Å². The van der Waals surface area contributed by atoms with Crippen molar-refractivity contribution in [2.24, 2.45) is 23.2 Å². The largest absolute Gasteiger partial charge is 0.103 e. The van der Waals surface area contributed by atoms with E-state index in [0.29, 0.717) is 17.8 Å². The number of allylic oxidation sites excluding steroid dienone is 2. The van der Waals surface area contributed by atoms with E-state index < -0.39 is 0 Å². The minimum Gasteiger partial charge on any atom is -0.103 e. The Kier molecular flexibility index (Phi) is 4.64. The summed E-state index contributed by atoms with van der Waals surface area (Å²) in [6, 6.07) is 0. The maximum Gasteiger partial charge on any atom is 0.00123 e. The lowest BCUT2D eigenvalue weighted by molar-refractivity contribution is 0.112. The van der Waals surface area contributed by atoms with Crippen LogP contribution in [0.5, 0.6) is 0 Å². The van der Waals surface area contributed by atoms with Crippen LogP contribution in [-0.2, 0) is 0 Å². The van der Waals surface area contributed by atoms with Gasteiger partial charge in [0, 0.05) is 5.41 Å². The second kappa shape index (κ2) is 4.82. The highest BCUT2D eigenvalue weighted by atomic mass is 14.4. The van der Waals surface area contributed by atoms with Crippen molar-refractivity contribution < 1.29 is 0 Å². The zero-order valence-corrected chi connectivity index (χ0v) is 10.7. The fourth-order valence-corrected chi connectivity index (χ4v) is 3.29. The molecule has 0 rings (SSSR count). The van der Waals surface area contributed by atoms with E-state index in [1.165, 1.54) is 5.57 Å². The molecule has 0 radical (unpaired) electrons. The van der Waals surface area contributed by atoms with E-state index in [1.807, 2.05) is 0 Å². The Morgan fingerprint density at radius 2 is 1.43 bits per heavy atom. The van der Waals surface area contributed by atoms with Crippen LogP contribution in [0.4, 0.5) is 0 Å². The lowest BCUT2D eigenvalue weighted by atomic mass is 9.58. The molecule has 14 heavy (non-hydrogen) atoms. The van der Waals surface area contributed by atoms with Crippen molar-refractivity contribution >= 4 is 0 Å². The summed E-state index contributed by atoms with van der Waals surface area (Å²) in [5.41, 5.74) is 1.48. The topological polar surface area (TPSA) is 0 Å². The first-order valence-electron chi connectivity index (χ1n) is 5.60. The second-order valence-electron chi connectivity index (χ2n) is 5.05. The Bertz CT molecular complexity index is 200. The van der Waals surface area contributed by atoms with Crippen LogP contribution < -0.4 is 0 Å². The number of hydrogen-bond acceptors (Lipinski definition) is 0. The van der Waals surface area contributed by atoms with Crippen molar-refractivity contribution in [3.05, 3.63) is 24.8 Å². The summed E-state index contributed by atoms with van der Waals surface area (Å²) < 4.78 is 0.